The molecule has 0 aliphatic rings. The van der Waals surface area contributed by atoms with Crippen LogP contribution in [-0.4, -0.2) is 25.6 Å². The van der Waals surface area contributed by atoms with Gasteiger partial charge in [0.05, 0.1) is 10.6 Å². The molecule has 0 spiro atoms. The SMILES string of the molecule is Cc1ccc(-c2cc(C(=O)NCc3ccncc3)n(-c3cccc([N+](=O)[O-])c3)n2)o1. The van der Waals surface area contributed by atoms with E-state index >= 15 is 0 Å². The van der Waals surface area contributed by atoms with Crippen LogP contribution in [0, 0.1) is 17.0 Å². The third kappa shape index (κ3) is 3.95. The minimum absolute atomic E-state index is 0.0958. The molecule has 0 aliphatic heterocycles. The number of carbonyl (C=O) groups is 1. The van der Waals surface area contributed by atoms with Gasteiger partial charge in [-0.3, -0.25) is 19.9 Å². The summed E-state index contributed by atoms with van der Waals surface area (Å²) in [7, 11) is 0. The first-order valence-corrected chi connectivity index (χ1v) is 9.10. The molecule has 0 saturated heterocycles. The second-order valence-corrected chi connectivity index (χ2v) is 6.55. The lowest BCUT2D eigenvalue weighted by Gasteiger charge is -2.08. The van der Waals surface area contributed by atoms with E-state index in [1.165, 1.54) is 16.8 Å². The fraction of sp³-hybridized carbons (Fsp3) is 0.0952. The molecule has 30 heavy (non-hydrogen) atoms. The van der Waals surface area contributed by atoms with Gasteiger partial charge in [-0.2, -0.15) is 5.10 Å². The van der Waals surface area contributed by atoms with Crippen LogP contribution in [0.1, 0.15) is 21.8 Å². The lowest BCUT2D eigenvalue weighted by Crippen LogP contribution is -2.25. The van der Waals surface area contributed by atoms with E-state index in [0.717, 1.165) is 5.56 Å². The van der Waals surface area contributed by atoms with Crippen LogP contribution in [0.4, 0.5) is 5.69 Å². The van der Waals surface area contributed by atoms with Gasteiger partial charge in [0.2, 0.25) is 0 Å². The highest BCUT2D eigenvalue weighted by atomic mass is 16.6. The van der Waals surface area contributed by atoms with Crippen LogP contribution in [0.15, 0.2) is 71.4 Å². The first-order valence-electron chi connectivity index (χ1n) is 9.10. The summed E-state index contributed by atoms with van der Waals surface area (Å²) in [5.41, 5.74) is 1.87. The van der Waals surface area contributed by atoms with E-state index < -0.39 is 4.92 Å². The van der Waals surface area contributed by atoms with Crippen LogP contribution in [-0.2, 0) is 6.54 Å². The van der Waals surface area contributed by atoms with Gasteiger partial charge in [0.15, 0.2) is 5.76 Å². The van der Waals surface area contributed by atoms with Gasteiger partial charge >= 0.3 is 0 Å². The quantitative estimate of drug-likeness (QED) is 0.388. The number of hydrogen-bond donors (Lipinski definition) is 1. The Morgan fingerprint density at radius 3 is 2.67 bits per heavy atom. The number of nitro groups is 1. The Balaban J connectivity index is 1.72. The molecule has 9 nitrogen and oxygen atoms in total. The van der Waals surface area contributed by atoms with Crippen LogP contribution < -0.4 is 5.32 Å². The molecule has 4 rings (SSSR count). The lowest BCUT2D eigenvalue weighted by molar-refractivity contribution is -0.384. The summed E-state index contributed by atoms with van der Waals surface area (Å²) in [4.78, 5) is 27.6. The topological polar surface area (TPSA) is 116 Å². The molecule has 4 aromatic rings. The van der Waals surface area contributed by atoms with Crippen molar-refractivity contribution in [3.63, 3.8) is 0 Å². The number of pyridine rings is 1. The van der Waals surface area contributed by atoms with Crippen molar-refractivity contribution in [3.05, 3.63) is 94.1 Å². The summed E-state index contributed by atoms with van der Waals surface area (Å²) < 4.78 is 7.00. The van der Waals surface area contributed by atoms with Gasteiger partial charge in [-0.15, -0.1) is 0 Å². The molecular weight excluding hydrogens is 386 g/mol. The molecule has 0 aliphatic carbocycles. The highest BCUT2D eigenvalue weighted by molar-refractivity contribution is 5.94. The summed E-state index contributed by atoms with van der Waals surface area (Å²) in [6, 6.07) is 14.7. The van der Waals surface area contributed by atoms with Crippen molar-refractivity contribution in [2.75, 3.05) is 0 Å². The monoisotopic (exact) mass is 403 g/mol. The third-order valence-corrected chi connectivity index (χ3v) is 4.42. The number of rotatable bonds is 6. The Bertz CT molecular complexity index is 1210. The van der Waals surface area contributed by atoms with Crippen molar-refractivity contribution in [1.29, 1.82) is 0 Å². The molecule has 0 saturated carbocycles. The predicted octanol–water partition coefficient (Wildman–Crippen LogP) is 3.67. The van der Waals surface area contributed by atoms with Crippen molar-refractivity contribution >= 4 is 11.6 Å². The first kappa shape index (κ1) is 19.1. The van der Waals surface area contributed by atoms with Crippen LogP contribution in [0.2, 0.25) is 0 Å². The molecule has 3 aromatic heterocycles. The number of nitrogens with one attached hydrogen (secondary N) is 1. The highest BCUT2D eigenvalue weighted by Gasteiger charge is 2.20. The smallest absolute Gasteiger partial charge is 0.271 e. The molecule has 1 aromatic carbocycles. The fourth-order valence-corrected chi connectivity index (χ4v) is 2.94. The number of benzene rings is 1. The van der Waals surface area contributed by atoms with E-state index in [4.69, 9.17) is 4.42 Å². The standard InChI is InChI=1S/C21H17N5O4/c1-14-5-6-20(30-14)18-12-19(21(27)23-13-15-7-9-22-10-8-15)25(24-18)16-3-2-4-17(11-16)26(28)29/h2-12H,13H2,1H3,(H,23,27). The van der Waals surface area contributed by atoms with E-state index in [1.807, 2.05) is 6.92 Å². The van der Waals surface area contributed by atoms with Gasteiger partial charge in [-0.05, 0) is 42.8 Å². The second-order valence-electron chi connectivity index (χ2n) is 6.55. The van der Waals surface area contributed by atoms with Gasteiger partial charge < -0.3 is 9.73 Å². The van der Waals surface area contributed by atoms with Crippen LogP contribution in [0.25, 0.3) is 17.1 Å². The Morgan fingerprint density at radius 2 is 1.97 bits per heavy atom. The maximum atomic E-state index is 12.9. The maximum Gasteiger partial charge on any atom is 0.271 e. The number of nitro benzene ring substituents is 1. The normalized spacial score (nSPS) is 10.7. The molecule has 1 amide bonds. The molecule has 150 valence electrons. The average Bonchev–Trinajstić information content (AvgIpc) is 3.39. The molecule has 0 radical (unpaired) electrons. The molecule has 0 bridgehead atoms. The largest absolute Gasteiger partial charge is 0.460 e. The summed E-state index contributed by atoms with van der Waals surface area (Å²) in [6.07, 6.45) is 3.29. The van der Waals surface area contributed by atoms with Gasteiger partial charge in [-0.25, -0.2) is 4.68 Å². The molecular formula is C21H17N5O4. The zero-order valence-corrected chi connectivity index (χ0v) is 16.0. The molecule has 0 unspecified atom stereocenters. The zero-order chi connectivity index (χ0) is 21.1. The van der Waals surface area contributed by atoms with Crippen molar-refractivity contribution in [2.45, 2.75) is 13.5 Å². The second kappa shape index (κ2) is 8.00. The molecule has 0 fully saturated rings. The average molecular weight is 403 g/mol. The van der Waals surface area contributed by atoms with Gasteiger partial charge in [0.1, 0.15) is 17.1 Å². The van der Waals surface area contributed by atoms with Crippen LogP contribution >= 0.6 is 0 Å². The molecule has 3 heterocycles. The number of hydrogen-bond acceptors (Lipinski definition) is 6. The van der Waals surface area contributed by atoms with E-state index in [2.05, 4.69) is 15.4 Å². The fourth-order valence-electron chi connectivity index (χ4n) is 2.94. The Hall–Kier alpha value is -4.27. The minimum atomic E-state index is -0.493. The van der Waals surface area contributed by atoms with E-state index in [1.54, 1.807) is 54.9 Å². The number of non-ortho nitro benzene ring substituents is 1. The summed E-state index contributed by atoms with van der Waals surface area (Å²) in [5, 5.41) is 18.5. The van der Waals surface area contributed by atoms with Gasteiger partial charge in [0.25, 0.3) is 11.6 Å². The Morgan fingerprint density at radius 1 is 1.17 bits per heavy atom. The molecule has 0 atom stereocenters. The van der Waals surface area contributed by atoms with Crippen molar-refractivity contribution in [1.82, 2.24) is 20.1 Å². The van der Waals surface area contributed by atoms with E-state index in [0.29, 0.717) is 29.4 Å². The van der Waals surface area contributed by atoms with Gasteiger partial charge in [0, 0.05) is 37.1 Å². The minimum Gasteiger partial charge on any atom is -0.460 e. The van der Waals surface area contributed by atoms with Gasteiger partial charge in [-0.1, -0.05) is 6.07 Å². The number of furan rings is 1. The summed E-state index contributed by atoms with van der Waals surface area (Å²) in [5.74, 6) is 0.832. The Labute approximate surface area is 171 Å². The lowest BCUT2D eigenvalue weighted by atomic mass is 10.2. The molecule has 9 heteroatoms. The van der Waals surface area contributed by atoms with Crippen molar-refractivity contribution in [3.8, 4) is 17.1 Å². The number of nitrogens with zero attached hydrogens (tertiary/aromatic N) is 4. The Kier molecular flexibility index (Phi) is 5.08. The summed E-state index contributed by atoms with van der Waals surface area (Å²) in [6.45, 7) is 2.11. The summed E-state index contributed by atoms with van der Waals surface area (Å²) >= 11 is 0. The number of carbonyl (C=O) groups excluding carboxylic acids is 1. The predicted molar refractivity (Wildman–Crippen MR) is 108 cm³/mol. The third-order valence-electron chi connectivity index (χ3n) is 4.42. The van der Waals surface area contributed by atoms with Crippen LogP contribution in [0.3, 0.4) is 0 Å². The van der Waals surface area contributed by atoms with Crippen LogP contribution in [0.5, 0.6) is 0 Å². The number of aromatic nitrogens is 3. The molecule has 1 N–H and O–H groups in total. The first-order chi connectivity index (χ1) is 14.5. The van der Waals surface area contributed by atoms with Crippen molar-refractivity contribution in [2.24, 2.45) is 0 Å². The number of amides is 1. The zero-order valence-electron chi connectivity index (χ0n) is 16.0. The maximum absolute atomic E-state index is 12.9. The number of aryl methyl sites for hydroxylation is 1. The van der Waals surface area contributed by atoms with E-state index in [-0.39, 0.29) is 17.3 Å². The van der Waals surface area contributed by atoms with Crippen molar-refractivity contribution < 1.29 is 14.1 Å². The highest BCUT2D eigenvalue weighted by Crippen LogP contribution is 2.25. The van der Waals surface area contributed by atoms with E-state index in [9.17, 15) is 14.9 Å².